The zero-order chi connectivity index (χ0) is 12.3. The standard InChI is InChI=1S/C11H19N5O/c1-2-16-4-3-8(7-16)5-13-11(17)10-9(12)6-14-15-10/h6,8H,2-5,7,12H2,1H3,(H,13,17)(H,14,15). The van der Waals surface area contributed by atoms with E-state index in [0.717, 1.165) is 26.1 Å². The Morgan fingerprint density at radius 2 is 2.59 bits per heavy atom. The fraction of sp³-hybridized carbons (Fsp3) is 0.636. The Labute approximate surface area is 101 Å². The van der Waals surface area contributed by atoms with Gasteiger partial charge in [-0.15, -0.1) is 0 Å². The molecule has 17 heavy (non-hydrogen) atoms. The van der Waals surface area contributed by atoms with E-state index in [1.54, 1.807) is 0 Å². The van der Waals surface area contributed by atoms with Crippen molar-refractivity contribution in [2.75, 3.05) is 31.9 Å². The van der Waals surface area contributed by atoms with Crippen molar-refractivity contribution in [3.63, 3.8) is 0 Å². The number of hydrogen-bond donors (Lipinski definition) is 3. The second kappa shape index (κ2) is 5.18. The van der Waals surface area contributed by atoms with Crippen LogP contribution in [0.15, 0.2) is 6.20 Å². The van der Waals surface area contributed by atoms with Crippen molar-refractivity contribution in [1.29, 1.82) is 0 Å². The fourth-order valence-corrected chi connectivity index (χ4v) is 2.17. The number of anilines is 1. The number of nitrogens with zero attached hydrogens (tertiary/aromatic N) is 2. The van der Waals surface area contributed by atoms with Gasteiger partial charge in [-0.3, -0.25) is 9.89 Å². The number of nitrogens with two attached hydrogens (primary N) is 1. The minimum absolute atomic E-state index is 0.171. The summed E-state index contributed by atoms with van der Waals surface area (Å²) < 4.78 is 0. The van der Waals surface area contributed by atoms with Crippen molar-refractivity contribution in [2.24, 2.45) is 5.92 Å². The Morgan fingerprint density at radius 3 is 3.18 bits per heavy atom. The molecular weight excluding hydrogens is 218 g/mol. The van der Waals surface area contributed by atoms with Crippen LogP contribution in [0, 0.1) is 5.92 Å². The first-order chi connectivity index (χ1) is 8.20. The van der Waals surface area contributed by atoms with E-state index in [1.807, 2.05) is 0 Å². The van der Waals surface area contributed by atoms with Crippen LogP contribution >= 0.6 is 0 Å². The number of aromatic amines is 1. The van der Waals surface area contributed by atoms with Gasteiger partial charge >= 0.3 is 0 Å². The summed E-state index contributed by atoms with van der Waals surface area (Å²) in [6.45, 7) is 6.14. The third kappa shape index (κ3) is 2.76. The molecule has 1 fully saturated rings. The van der Waals surface area contributed by atoms with E-state index < -0.39 is 0 Å². The molecule has 0 aromatic carbocycles. The fourth-order valence-electron chi connectivity index (χ4n) is 2.17. The molecule has 1 aliphatic rings. The van der Waals surface area contributed by atoms with Gasteiger partial charge in [-0.2, -0.15) is 5.10 Å². The highest BCUT2D eigenvalue weighted by Gasteiger charge is 2.22. The monoisotopic (exact) mass is 237 g/mol. The summed E-state index contributed by atoms with van der Waals surface area (Å²) >= 11 is 0. The molecule has 2 heterocycles. The number of hydrogen-bond acceptors (Lipinski definition) is 4. The predicted molar refractivity (Wildman–Crippen MR) is 65.6 cm³/mol. The number of rotatable bonds is 4. The van der Waals surface area contributed by atoms with Crippen molar-refractivity contribution in [1.82, 2.24) is 20.4 Å². The van der Waals surface area contributed by atoms with Crippen LogP contribution in [-0.4, -0.2) is 47.2 Å². The maximum atomic E-state index is 11.8. The first kappa shape index (κ1) is 11.9. The zero-order valence-electron chi connectivity index (χ0n) is 10.1. The van der Waals surface area contributed by atoms with Crippen LogP contribution in [0.25, 0.3) is 0 Å². The number of nitrogens with one attached hydrogen (secondary N) is 2. The number of amides is 1. The smallest absolute Gasteiger partial charge is 0.271 e. The van der Waals surface area contributed by atoms with Gasteiger partial charge in [0.25, 0.3) is 5.91 Å². The third-order valence-corrected chi connectivity index (χ3v) is 3.26. The summed E-state index contributed by atoms with van der Waals surface area (Å²) in [4.78, 5) is 14.1. The highest BCUT2D eigenvalue weighted by Crippen LogP contribution is 2.15. The Hall–Kier alpha value is -1.56. The molecule has 1 unspecified atom stereocenters. The second-order valence-corrected chi connectivity index (χ2v) is 4.46. The van der Waals surface area contributed by atoms with Crippen molar-refractivity contribution < 1.29 is 4.79 Å². The first-order valence-electron chi connectivity index (χ1n) is 6.00. The minimum atomic E-state index is -0.171. The van der Waals surface area contributed by atoms with Gasteiger partial charge in [0.15, 0.2) is 0 Å². The molecule has 1 aliphatic heterocycles. The maximum absolute atomic E-state index is 11.8. The maximum Gasteiger partial charge on any atom is 0.271 e. The van der Waals surface area contributed by atoms with Crippen LogP contribution in [0.3, 0.4) is 0 Å². The summed E-state index contributed by atoms with van der Waals surface area (Å²) in [7, 11) is 0. The molecule has 94 valence electrons. The van der Waals surface area contributed by atoms with E-state index >= 15 is 0 Å². The van der Waals surface area contributed by atoms with Crippen LogP contribution < -0.4 is 11.1 Å². The quantitative estimate of drug-likeness (QED) is 0.691. The van der Waals surface area contributed by atoms with E-state index in [1.165, 1.54) is 6.20 Å². The zero-order valence-corrected chi connectivity index (χ0v) is 10.1. The SMILES string of the molecule is CCN1CCC(CNC(=O)c2[nH]ncc2N)C1. The molecule has 0 bridgehead atoms. The van der Waals surface area contributed by atoms with Gasteiger partial charge < -0.3 is 16.0 Å². The second-order valence-electron chi connectivity index (χ2n) is 4.46. The largest absolute Gasteiger partial charge is 0.396 e. The molecule has 0 saturated carbocycles. The molecule has 2 rings (SSSR count). The van der Waals surface area contributed by atoms with Crippen LogP contribution in [-0.2, 0) is 0 Å². The molecule has 6 heteroatoms. The van der Waals surface area contributed by atoms with Crippen LogP contribution in [0.1, 0.15) is 23.8 Å². The van der Waals surface area contributed by atoms with Gasteiger partial charge in [-0.25, -0.2) is 0 Å². The van der Waals surface area contributed by atoms with Crippen molar-refractivity contribution in [2.45, 2.75) is 13.3 Å². The predicted octanol–water partition coefficient (Wildman–Crippen LogP) is 0.0635. The first-order valence-corrected chi connectivity index (χ1v) is 6.00. The van der Waals surface area contributed by atoms with E-state index in [2.05, 4.69) is 27.3 Å². The minimum Gasteiger partial charge on any atom is -0.396 e. The summed E-state index contributed by atoms with van der Waals surface area (Å²) in [6.07, 6.45) is 2.59. The molecule has 1 atom stereocenters. The number of likely N-dealkylation sites (tertiary alicyclic amines) is 1. The number of H-pyrrole nitrogens is 1. The Kier molecular flexibility index (Phi) is 3.63. The summed E-state index contributed by atoms with van der Waals surface area (Å²) in [5.74, 6) is 0.373. The van der Waals surface area contributed by atoms with Crippen molar-refractivity contribution >= 4 is 11.6 Å². The Bertz CT molecular complexity index is 389. The lowest BCUT2D eigenvalue weighted by Gasteiger charge is -2.13. The molecule has 0 spiro atoms. The molecular formula is C11H19N5O. The summed E-state index contributed by atoms with van der Waals surface area (Å²) in [5.41, 5.74) is 6.36. The number of aromatic nitrogens is 2. The molecule has 4 N–H and O–H groups in total. The van der Waals surface area contributed by atoms with Crippen LogP contribution in [0.4, 0.5) is 5.69 Å². The van der Waals surface area contributed by atoms with Gasteiger partial charge in [0.05, 0.1) is 11.9 Å². The molecule has 1 amide bonds. The average Bonchev–Trinajstić information content (AvgIpc) is 2.94. The third-order valence-electron chi connectivity index (χ3n) is 3.26. The Morgan fingerprint density at radius 1 is 1.76 bits per heavy atom. The molecule has 0 radical (unpaired) electrons. The molecule has 1 aromatic rings. The highest BCUT2D eigenvalue weighted by atomic mass is 16.1. The van der Waals surface area contributed by atoms with Gasteiger partial charge in [0.2, 0.25) is 0 Å². The van der Waals surface area contributed by atoms with Gasteiger partial charge in [-0.1, -0.05) is 6.92 Å². The molecule has 0 aliphatic carbocycles. The normalized spacial score (nSPS) is 20.6. The van der Waals surface area contributed by atoms with Crippen LogP contribution in [0.2, 0.25) is 0 Å². The lowest BCUT2D eigenvalue weighted by molar-refractivity contribution is 0.0943. The summed E-state index contributed by atoms with van der Waals surface area (Å²) in [6, 6.07) is 0. The number of carbonyl (C=O) groups excluding carboxylic acids is 1. The van der Waals surface area contributed by atoms with Gasteiger partial charge in [-0.05, 0) is 25.4 Å². The molecule has 1 saturated heterocycles. The topological polar surface area (TPSA) is 87.0 Å². The molecule has 1 aromatic heterocycles. The molecule has 6 nitrogen and oxygen atoms in total. The van der Waals surface area contributed by atoms with E-state index in [0.29, 0.717) is 23.8 Å². The Balaban J connectivity index is 1.79. The van der Waals surface area contributed by atoms with Gasteiger partial charge in [0.1, 0.15) is 5.69 Å². The van der Waals surface area contributed by atoms with Crippen molar-refractivity contribution in [3.8, 4) is 0 Å². The van der Waals surface area contributed by atoms with Crippen LogP contribution in [0.5, 0.6) is 0 Å². The van der Waals surface area contributed by atoms with Crippen molar-refractivity contribution in [3.05, 3.63) is 11.9 Å². The average molecular weight is 237 g/mol. The van der Waals surface area contributed by atoms with E-state index in [9.17, 15) is 4.79 Å². The number of carbonyl (C=O) groups is 1. The van der Waals surface area contributed by atoms with E-state index in [-0.39, 0.29) is 5.91 Å². The number of nitrogen functional groups attached to an aromatic ring is 1. The van der Waals surface area contributed by atoms with Gasteiger partial charge in [0, 0.05) is 13.1 Å². The lowest BCUT2D eigenvalue weighted by atomic mass is 10.1. The lowest BCUT2D eigenvalue weighted by Crippen LogP contribution is -2.31. The van der Waals surface area contributed by atoms with E-state index in [4.69, 9.17) is 5.73 Å². The summed E-state index contributed by atoms with van der Waals surface area (Å²) in [5, 5.41) is 9.23. The highest BCUT2D eigenvalue weighted by molar-refractivity contribution is 5.96.